The quantitative estimate of drug-likeness (QED) is 0.167. The molecule has 2 heteroatoms. The Morgan fingerprint density at radius 2 is 0.569 bits per heavy atom. The van der Waals surface area contributed by atoms with E-state index in [0.29, 0.717) is 0 Å². The Bertz CT molecular complexity index is 3850. The van der Waals surface area contributed by atoms with E-state index in [2.05, 4.69) is 215 Å². The van der Waals surface area contributed by atoms with Gasteiger partial charge in [0.1, 0.15) is 5.65 Å². The molecule has 2 aliphatic rings. The SMILES string of the molecule is c1ccc(-n2c3ccccc3c3c4ccccc4n(-c4ccc5c(c4)c4cccc6c4-c4c(cccc4c4ccccc45)c4ccccc4c4ccccc64)c32)cc1. The highest BCUT2D eigenvalue weighted by molar-refractivity contribution is 6.32. The first-order valence-electron chi connectivity index (χ1n) is 20.1. The summed E-state index contributed by atoms with van der Waals surface area (Å²) in [4.78, 5) is 0. The molecule has 2 aliphatic carbocycles. The van der Waals surface area contributed by atoms with E-state index in [0.717, 1.165) is 11.4 Å². The van der Waals surface area contributed by atoms with Crippen molar-refractivity contribution in [3.8, 4) is 22.5 Å². The highest BCUT2D eigenvalue weighted by Crippen LogP contribution is 2.48. The first-order valence-corrected chi connectivity index (χ1v) is 20.1. The third kappa shape index (κ3) is 4.21. The molecule has 0 saturated heterocycles. The van der Waals surface area contributed by atoms with Gasteiger partial charge in [-0.25, -0.2) is 0 Å². The van der Waals surface area contributed by atoms with E-state index < -0.39 is 0 Å². The van der Waals surface area contributed by atoms with Gasteiger partial charge >= 0.3 is 0 Å². The molecule has 0 radical (unpaired) electrons. The molecule has 0 spiro atoms. The van der Waals surface area contributed by atoms with Crippen molar-refractivity contribution < 1.29 is 0 Å². The van der Waals surface area contributed by atoms with Crippen LogP contribution in [0.15, 0.2) is 206 Å². The minimum Gasteiger partial charge on any atom is -0.295 e. The van der Waals surface area contributed by atoms with Gasteiger partial charge in [-0.1, -0.05) is 170 Å². The molecule has 2 heterocycles. The summed E-state index contributed by atoms with van der Waals surface area (Å²) in [7, 11) is 0. The predicted molar refractivity (Wildman–Crippen MR) is 248 cm³/mol. The molecule has 2 aromatic heterocycles. The Kier molecular flexibility index (Phi) is 6.47. The molecule has 0 N–H and O–H groups in total. The predicted octanol–water partition coefficient (Wildman–Crippen LogP) is 15.3. The van der Waals surface area contributed by atoms with Gasteiger partial charge < -0.3 is 0 Å². The van der Waals surface area contributed by atoms with Gasteiger partial charge in [-0.05, 0) is 112 Å². The van der Waals surface area contributed by atoms with Crippen molar-refractivity contribution in [2.24, 2.45) is 0 Å². The lowest BCUT2D eigenvalue weighted by Gasteiger charge is -2.20. The summed E-state index contributed by atoms with van der Waals surface area (Å²) in [5, 5.41) is 18.8. The first kappa shape index (κ1) is 31.5. The molecule has 9 aromatic carbocycles. The van der Waals surface area contributed by atoms with Gasteiger partial charge in [0.05, 0.1) is 11.0 Å². The summed E-state index contributed by atoms with van der Waals surface area (Å²) in [5.41, 5.74) is 8.40. The summed E-state index contributed by atoms with van der Waals surface area (Å²) in [5.74, 6) is 0. The number of nitrogens with zero attached hydrogens (tertiary/aromatic N) is 2. The first-order chi connectivity index (χ1) is 28.8. The van der Waals surface area contributed by atoms with E-state index in [-0.39, 0.29) is 0 Å². The van der Waals surface area contributed by atoms with E-state index in [4.69, 9.17) is 0 Å². The monoisotopic (exact) mass is 734 g/mol. The van der Waals surface area contributed by atoms with Crippen LogP contribution in [0, 0.1) is 0 Å². The van der Waals surface area contributed by atoms with Crippen LogP contribution in [-0.2, 0) is 0 Å². The molecule has 2 nitrogen and oxygen atoms in total. The summed E-state index contributed by atoms with van der Waals surface area (Å²) < 4.78 is 4.95. The molecule has 11 aromatic rings. The standard InChI is InChI=1S/C56H34N2/c1-2-16-35(17-3-1)57-51-30-12-10-24-48(51)55-49-25-11-13-31-52(49)58(56(55)57)36-32-33-43-39-20-6-9-23-42(39)45-27-14-26-44-40-21-7-4-18-37(40)38-19-5-8-22-41(38)46-28-15-29-47(50(43)34-36)54(46)53(44)45/h1-34H. The van der Waals surface area contributed by atoms with Crippen molar-refractivity contribution >= 4 is 97.5 Å². The van der Waals surface area contributed by atoms with Gasteiger partial charge in [0.2, 0.25) is 0 Å². The number of hydrogen-bond donors (Lipinski definition) is 0. The van der Waals surface area contributed by atoms with E-state index >= 15 is 0 Å². The van der Waals surface area contributed by atoms with Gasteiger partial charge in [-0.2, -0.15) is 0 Å². The fourth-order valence-electron chi connectivity index (χ4n) is 10.3. The van der Waals surface area contributed by atoms with Crippen molar-refractivity contribution in [2.45, 2.75) is 0 Å². The van der Waals surface area contributed by atoms with Gasteiger partial charge in [-0.3, -0.25) is 9.13 Å². The van der Waals surface area contributed by atoms with Crippen molar-refractivity contribution in [1.29, 1.82) is 0 Å². The number of rotatable bonds is 2. The number of aromatic nitrogens is 2. The van der Waals surface area contributed by atoms with Gasteiger partial charge in [0.25, 0.3) is 0 Å². The molecule has 0 atom stereocenters. The van der Waals surface area contributed by atoms with Crippen LogP contribution in [-0.4, -0.2) is 9.13 Å². The van der Waals surface area contributed by atoms with Crippen molar-refractivity contribution in [3.05, 3.63) is 206 Å². The molecule has 0 bridgehead atoms. The number of benzene rings is 9. The third-order valence-electron chi connectivity index (χ3n) is 12.7. The van der Waals surface area contributed by atoms with Crippen LogP contribution in [0.3, 0.4) is 0 Å². The third-order valence-corrected chi connectivity index (χ3v) is 12.7. The van der Waals surface area contributed by atoms with E-state index in [9.17, 15) is 0 Å². The second kappa shape index (κ2) is 11.9. The van der Waals surface area contributed by atoms with Crippen LogP contribution < -0.4 is 0 Å². The van der Waals surface area contributed by atoms with Gasteiger partial charge in [0, 0.05) is 27.5 Å². The minimum atomic E-state index is 1.13. The maximum atomic E-state index is 2.50. The maximum absolute atomic E-state index is 2.50. The number of hydrogen-bond acceptors (Lipinski definition) is 0. The minimum absolute atomic E-state index is 1.13. The molecule has 58 heavy (non-hydrogen) atoms. The average molecular weight is 735 g/mol. The van der Waals surface area contributed by atoms with Crippen LogP contribution in [0.1, 0.15) is 0 Å². The lowest BCUT2D eigenvalue weighted by Crippen LogP contribution is -2.01. The van der Waals surface area contributed by atoms with E-state index in [1.165, 1.54) is 109 Å². The molecular weight excluding hydrogens is 701 g/mol. The smallest absolute Gasteiger partial charge is 0.131 e. The molecule has 0 aliphatic heterocycles. The van der Waals surface area contributed by atoms with Crippen LogP contribution >= 0.6 is 0 Å². The normalized spacial score (nSPS) is 12.1. The summed E-state index contributed by atoms with van der Waals surface area (Å²) in [6, 6.07) is 76.5. The largest absolute Gasteiger partial charge is 0.295 e. The topological polar surface area (TPSA) is 9.86 Å². The van der Waals surface area contributed by atoms with E-state index in [1.54, 1.807) is 0 Å². The average Bonchev–Trinajstić information content (AvgIpc) is 3.80. The zero-order valence-corrected chi connectivity index (χ0v) is 31.5. The Morgan fingerprint density at radius 3 is 1.05 bits per heavy atom. The fraction of sp³-hybridized carbons (Fsp3) is 0. The molecule has 0 fully saturated rings. The van der Waals surface area contributed by atoms with Crippen molar-refractivity contribution in [2.75, 3.05) is 0 Å². The van der Waals surface area contributed by atoms with E-state index in [1.807, 2.05) is 0 Å². The number of para-hydroxylation sites is 3. The molecule has 0 unspecified atom stereocenters. The maximum Gasteiger partial charge on any atom is 0.131 e. The Balaban J connectivity index is 1.29. The highest BCUT2D eigenvalue weighted by Gasteiger charge is 2.23. The van der Waals surface area contributed by atoms with Crippen LogP contribution in [0.2, 0.25) is 0 Å². The fourth-order valence-corrected chi connectivity index (χ4v) is 10.3. The highest BCUT2D eigenvalue weighted by atomic mass is 15.1. The lowest BCUT2D eigenvalue weighted by molar-refractivity contribution is 1.07. The second-order valence-electron chi connectivity index (χ2n) is 15.6. The van der Waals surface area contributed by atoms with Crippen molar-refractivity contribution in [3.63, 3.8) is 0 Å². The lowest BCUT2D eigenvalue weighted by atomic mass is 9.84. The molecule has 0 saturated carbocycles. The Morgan fingerprint density at radius 1 is 0.224 bits per heavy atom. The molecule has 0 amide bonds. The molecular formula is C56H34N2. The summed E-state index contributed by atoms with van der Waals surface area (Å²) >= 11 is 0. The molecule has 13 rings (SSSR count). The van der Waals surface area contributed by atoms with Gasteiger partial charge in [-0.15, -0.1) is 0 Å². The van der Waals surface area contributed by atoms with Crippen molar-refractivity contribution in [1.82, 2.24) is 9.13 Å². The Hall–Kier alpha value is -7.68. The summed E-state index contributed by atoms with van der Waals surface area (Å²) in [6.45, 7) is 0. The van der Waals surface area contributed by atoms with Crippen LogP contribution in [0.25, 0.3) is 120 Å². The van der Waals surface area contributed by atoms with Crippen LogP contribution in [0.5, 0.6) is 0 Å². The number of fused-ring (bicyclic) bond motifs is 15. The van der Waals surface area contributed by atoms with Gasteiger partial charge in [0.15, 0.2) is 0 Å². The molecule has 268 valence electrons. The summed E-state index contributed by atoms with van der Waals surface area (Å²) in [6.07, 6.45) is 0. The zero-order valence-electron chi connectivity index (χ0n) is 31.5. The van der Waals surface area contributed by atoms with Crippen LogP contribution in [0.4, 0.5) is 0 Å². The zero-order chi connectivity index (χ0) is 37.9. The Labute approximate surface area is 334 Å². The second-order valence-corrected chi connectivity index (χ2v) is 15.6.